The van der Waals surface area contributed by atoms with Crippen molar-refractivity contribution in [1.82, 2.24) is 4.98 Å². The summed E-state index contributed by atoms with van der Waals surface area (Å²) in [5.74, 6) is 1.25. The van der Waals surface area contributed by atoms with Crippen LogP contribution in [0.5, 0.6) is 0 Å². The number of pyridine rings is 1. The molecule has 0 aromatic carbocycles. The van der Waals surface area contributed by atoms with Gasteiger partial charge in [-0.05, 0) is 18.6 Å². The Hall–Kier alpha value is -1.10. The Balaban J connectivity index is 2.25. The summed E-state index contributed by atoms with van der Waals surface area (Å²) in [6.07, 6.45) is 4.30. The molecule has 0 bridgehead atoms. The Kier molecular flexibility index (Phi) is 4.39. The second-order valence-electron chi connectivity index (χ2n) is 3.03. The number of anilines is 2. The average Bonchev–Trinajstić information content (AvgIpc) is 2.15. The van der Waals surface area contributed by atoms with Crippen molar-refractivity contribution in [3.05, 3.63) is 18.3 Å². The minimum absolute atomic E-state index is 0.519. The van der Waals surface area contributed by atoms with Crippen LogP contribution < -0.4 is 11.1 Å². The van der Waals surface area contributed by atoms with Crippen LogP contribution in [-0.4, -0.2) is 27.7 Å². The van der Waals surface area contributed by atoms with Crippen molar-refractivity contribution in [3.63, 3.8) is 0 Å². The van der Waals surface area contributed by atoms with E-state index in [1.54, 1.807) is 18.5 Å². The molecule has 1 aromatic rings. The van der Waals surface area contributed by atoms with Gasteiger partial charge in [-0.2, -0.15) is 0 Å². The topological polar surface area (TPSA) is 68.0 Å². The monoisotopic (exact) mass is 213 g/mol. The summed E-state index contributed by atoms with van der Waals surface area (Å²) in [5, 5.41) is 3.17. The molecule has 5 heteroatoms. The fourth-order valence-corrected chi connectivity index (χ4v) is 1.57. The summed E-state index contributed by atoms with van der Waals surface area (Å²) >= 11 is 0. The van der Waals surface area contributed by atoms with E-state index in [-0.39, 0.29) is 0 Å². The first-order valence-corrected chi connectivity index (χ1v) is 6.16. The first-order chi connectivity index (χ1) is 6.68. The maximum absolute atomic E-state index is 10.8. The van der Waals surface area contributed by atoms with Crippen LogP contribution >= 0.6 is 0 Å². The Morgan fingerprint density at radius 3 is 2.93 bits per heavy atom. The number of hydrogen-bond acceptors (Lipinski definition) is 4. The summed E-state index contributed by atoms with van der Waals surface area (Å²) in [4.78, 5) is 3.95. The van der Waals surface area contributed by atoms with Gasteiger partial charge in [0.25, 0.3) is 0 Å². The molecule has 3 N–H and O–H groups in total. The van der Waals surface area contributed by atoms with Gasteiger partial charge in [-0.15, -0.1) is 0 Å². The van der Waals surface area contributed by atoms with Gasteiger partial charge in [-0.3, -0.25) is 4.21 Å². The van der Waals surface area contributed by atoms with Gasteiger partial charge in [0.2, 0.25) is 0 Å². The molecule has 0 saturated heterocycles. The van der Waals surface area contributed by atoms with Crippen LogP contribution in [-0.2, 0) is 10.8 Å². The Morgan fingerprint density at radius 2 is 2.36 bits per heavy atom. The summed E-state index contributed by atoms with van der Waals surface area (Å²) in [5.41, 5.74) is 6.39. The minimum atomic E-state index is -0.703. The molecule has 1 heterocycles. The average molecular weight is 213 g/mol. The number of hydrogen-bond donors (Lipinski definition) is 2. The lowest BCUT2D eigenvalue weighted by Gasteiger charge is -2.04. The van der Waals surface area contributed by atoms with E-state index < -0.39 is 10.8 Å². The maximum Gasteiger partial charge on any atom is 0.123 e. The van der Waals surface area contributed by atoms with Gasteiger partial charge in [0.05, 0.1) is 11.9 Å². The lowest BCUT2D eigenvalue weighted by molar-refractivity contribution is 0.685. The minimum Gasteiger partial charge on any atom is -0.384 e. The molecule has 1 aromatic heterocycles. The normalized spacial score (nSPS) is 12.4. The second kappa shape index (κ2) is 5.59. The van der Waals surface area contributed by atoms with Crippen molar-refractivity contribution in [1.29, 1.82) is 0 Å². The third kappa shape index (κ3) is 4.23. The van der Waals surface area contributed by atoms with Crippen LogP contribution in [0.25, 0.3) is 0 Å². The number of rotatable bonds is 5. The van der Waals surface area contributed by atoms with E-state index in [0.717, 1.165) is 24.4 Å². The summed E-state index contributed by atoms with van der Waals surface area (Å²) in [6.45, 7) is 0.811. The van der Waals surface area contributed by atoms with Crippen molar-refractivity contribution < 1.29 is 4.21 Å². The van der Waals surface area contributed by atoms with Gasteiger partial charge in [0.15, 0.2) is 0 Å². The highest BCUT2D eigenvalue weighted by atomic mass is 32.2. The zero-order valence-electron chi connectivity index (χ0n) is 8.19. The maximum atomic E-state index is 10.8. The molecule has 0 aliphatic heterocycles. The number of aromatic nitrogens is 1. The highest BCUT2D eigenvalue weighted by Crippen LogP contribution is 2.06. The van der Waals surface area contributed by atoms with Crippen LogP contribution in [0.1, 0.15) is 6.42 Å². The van der Waals surface area contributed by atoms with Crippen LogP contribution in [0.2, 0.25) is 0 Å². The Bertz CT molecular complexity index is 299. The van der Waals surface area contributed by atoms with Crippen molar-refractivity contribution >= 4 is 22.3 Å². The zero-order chi connectivity index (χ0) is 10.4. The quantitative estimate of drug-likeness (QED) is 0.711. The predicted octanol–water partition coefficient (Wildman–Crippen LogP) is 0.844. The van der Waals surface area contributed by atoms with Crippen molar-refractivity contribution in [3.8, 4) is 0 Å². The smallest absolute Gasteiger partial charge is 0.123 e. The fourth-order valence-electron chi connectivity index (χ4n) is 1.02. The lowest BCUT2D eigenvalue weighted by atomic mass is 10.4. The van der Waals surface area contributed by atoms with Crippen LogP contribution in [0.15, 0.2) is 18.3 Å². The van der Waals surface area contributed by atoms with E-state index in [1.165, 1.54) is 0 Å². The number of nitrogen functional groups attached to an aromatic ring is 1. The van der Waals surface area contributed by atoms with Gasteiger partial charge < -0.3 is 11.1 Å². The molecule has 0 radical (unpaired) electrons. The second-order valence-corrected chi connectivity index (χ2v) is 4.58. The van der Waals surface area contributed by atoms with Crippen molar-refractivity contribution in [2.75, 3.05) is 29.6 Å². The fraction of sp³-hybridized carbons (Fsp3) is 0.444. The third-order valence-electron chi connectivity index (χ3n) is 1.72. The summed E-state index contributed by atoms with van der Waals surface area (Å²) < 4.78 is 10.8. The molecule has 78 valence electrons. The van der Waals surface area contributed by atoms with Gasteiger partial charge in [0, 0.05) is 29.4 Å². The van der Waals surface area contributed by atoms with Crippen molar-refractivity contribution in [2.24, 2.45) is 0 Å². The molecule has 1 unspecified atom stereocenters. The molecular weight excluding hydrogens is 198 g/mol. The highest BCUT2D eigenvalue weighted by molar-refractivity contribution is 7.84. The molecular formula is C9H15N3OS. The van der Waals surface area contributed by atoms with Crippen LogP contribution in [0.4, 0.5) is 11.5 Å². The summed E-state index contributed by atoms with van der Waals surface area (Å²) in [6, 6.07) is 3.63. The predicted molar refractivity (Wildman–Crippen MR) is 60.7 cm³/mol. The van der Waals surface area contributed by atoms with Crippen LogP contribution in [0, 0.1) is 0 Å². The van der Waals surface area contributed by atoms with E-state index in [1.807, 2.05) is 6.07 Å². The zero-order valence-corrected chi connectivity index (χ0v) is 9.01. The largest absolute Gasteiger partial charge is 0.384 e. The van der Waals surface area contributed by atoms with Crippen LogP contribution in [0.3, 0.4) is 0 Å². The molecule has 0 aliphatic carbocycles. The molecule has 0 fully saturated rings. The molecule has 1 atom stereocenters. The highest BCUT2D eigenvalue weighted by Gasteiger charge is 1.93. The molecule has 0 spiro atoms. The van der Waals surface area contributed by atoms with Gasteiger partial charge in [-0.1, -0.05) is 0 Å². The van der Waals surface area contributed by atoms with E-state index >= 15 is 0 Å². The number of nitrogens with one attached hydrogen (secondary N) is 1. The number of nitrogens with two attached hydrogens (primary N) is 1. The molecule has 14 heavy (non-hydrogen) atoms. The van der Waals surface area contributed by atoms with E-state index in [0.29, 0.717) is 5.82 Å². The lowest BCUT2D eigenvalue weighted by Crippen LogP contribution is -2.06. The van der Waals surface area contributed by atoms with Gasteiger partial charge >= 0.3 is 0 Å². The van der Waals surface area contributed by atoms with E-state index in [9.17, 15) is 4.21 Å². The molecule has 1 rings (SSSR count). The Morgan fingerprint density at radius 1 is 1.57 bits per heavy atom. The standard InChI is InChI=1S/C9H15N3OS/c1-14(13)6-2-5-11-8-3-4-9(10)12-7-8/h3-4,7,11H,2,5-6H2,1H3,(H2,10,12). The van der Waals surface area contributed by atoms with E-state index in [2.05, 4.69) is 10.3 Å². The molecule has 0 amide bonds. The van der Waals surface area contributed by atoms with Gasteiger partial charge in [0.1, 0.15) is 5.82 Å². The van der Waals surface area contributed by atoms with E-state index in [4.69, 9.17) is 5.73 Å². The molecule has 4 nitrogen and oxygen atoms in total. The summed E-state index contributed by atoms with van der Waals surface area (Å²) in [7, 11) is -0.703. The Labute approximate surface area is 86.4 Å². The first-order valence-electron chi connectivity index (χ1n) is 4.44. The van der Waals surface area contributed by atoms with Crippen molar-refractivity contribution in [2.45, 2.75) is 6.42 Å². The molecule has 0 saturated carbocycles. The third-order valence-corrected chi connectivity index (χ3v) is 2.59. The van der Waals surface area contributed by atoms with Gasteiger partial charge in [-0.25, -0.2) is 4.98 Å². The first kappa shape index (κ1) is 11.0. The number of nitrogens with zero attached hydrogens (tertiary/aromatic N) is 1. The SMILES string of the molecule is CS(=O)CCCNc1ccc(N)nc1. The molecule has 0 aliphatic rings.